The van der Waals surface area contributed by atoms with Gasteiger partial charge in [0, 0.05) is 53.5 Å². The van der Waals surface area contributed by atoms with Crippen LogP contribution in [0.5, 0.6) is 0 Å². The van der Waals surface area contributed by atoms with E-state index in [1.165, 1.54) is 12.1 Å². The third-order valence-electron chi connectivity index (χ3n) is 6.22. The molecule has 35 heavy (non-hydrogen) atoms. The fourth-order valence-electron chi connectivity index (χ4n) is 4.52. The van der Waals surface area contributed by atoms with Crippen molar-refractivity contribution in [3.63, 3.8) is 0 Å². The number of hydrogen-bond acceptors (Lipinski definition) is 3. The fourth-order valence-corrected chi connectivity index (χ4v) is 4.52. The summed E-state index contributed by atoms with van der Waals surface area (Å²) in [5.74, 6) is -3.39. The Hall–Kier alpha value is -3.53. The summed E-state index contributed by atoms with van der Waals surface area (Å²) >= 11 is 0. The van der Waals surface area contributed by atoms with Crippen LogP contribution in [0, 0.1) is 17.5 Å². The zero-order chi connectivity index (χ0) is 24.9. The van der Waals surface area contributed by atoms with Gasteiger partial charge in [0.2, 0.25) is 0 Å². The molecule has 0 radical (unpaired) electrons. The molecule has 0 aliphatic carbocycles. The molecule has 0 unspecified atom stereocenters. The molecule has 2 heterocycles. The minimum Gasteiger partial charge on any atom is -0.370 e. The van der Waals surface area contributed by atoms with Crippen LogP contribution in [-0.4, -0.2) is 28.9 Å². The maximum atomic E-state index is 14.4. The van der Waals surface area contributed by atoms with E-state index in [1.807, 2.05) is 12.1 Å². The summed E-state index contributed by atoms with van der Waals surface area (Å²) in [4.78, 5) is 2.11. The van der Waals surface area contributed by atoms with Gasteiger partial charge in [0.05, 0.1) is 17.8 Å². The van der Waals surface area contributed by atoms with Gasteiger partial charge in [0.15, 0.2) is 0 Å². The summed E-state index contributed by atoms with van der Waals surface area (Å²) in [6, 6.07) is 11.9. The van der Waals surface area contributed by atoms with Crippen molar-refractivity contribution >= 4 is 16.6 Å². The lowest BCUT2D eigenvalue weighted by Crippen LogP contribution is -2.26. The lowest BCUT2D eigenvalue weighted by atomic mass is 10.0. The molecule has 1 fully saturated rings. The van der Waals surface area contributed by atoms with Gasteiger partial charge >= 0.3 is 6.18 Å². The molecule has 10 heteroatoms. The van der Waals surface area contributed by atoms with E-state index >= 15 is 0 Å². The number of halogens is 6. The first-order valence-corrected chi connectivity index (χ1v) is 10.9. The van der Waals surface area contributed by atoms with Crippen molar-refractivity contribution < 1.29 is 26.3 Å². The minimum absolute atomic E-state index is 0.0707. The van der Waals surface area contributed by atoms with Gasteiger partial charge in [-0.25, -0.2) is 13.2 Å². The van der Waals surface area contributed by atoms with E-state index < -0.39 is 41.3 Å². The SMILES string of the molecule is N[C@@H]1CCN(c2ccc(-c3c4cccc(C(F)(F)F)c4nn3Cc3c(F)cc(F)cc3F)cc2)C1. The number of aromatic nitrogens is 2. The zero-order valence-electron chi connectivity index (χ0n) is 18.3. The number of alkyl halides is 3. The van der Waals surface area contributed by atoms with Gasteiger partial charge in [-0.1, -0.05) is 24.3 Å². The van der Waals surface area contributed by atoms with Crippen molar-refractivity contribution in [2.24, 2.45) is 5.73 Å². The van der Waals surface area contributed by atoms with Crippen molar-refractivity contribution in [2.75, 3.05) is 18.0 Å². The molecule has 4 nitrogen and oxygen atoms in total. The number of rotatable bonds is 4. The van der Waals surface area contributed by atoms with Gasteiger partial charge < -0.3 is 10.6 Å². The summed E-state index contributed by atoms with van der Waals surface area (Å²) in [5, 5.41) is 4.29. The molecular formula is C25H20F6N4. The van der Waals surface area contributed by atoms with Crippen molar-refractivity contribution in [3.8, 4) is 11.3 Å². The van der Waals surface area contributed by atoms with Crippen LogP contribution >= 0.6 is 0 Å². The molecule has 0 amide bonds. The third kappa shape index (κ3) is 4.34. The average Bonchev–Trinajstić information content (AvgIpc) is 3.38. The first kappa shape index (κ1) is 23.2. The van der Waals surface area contributed by atoms with E-state index in [-0.39, 0.29) is 22.6 Å². The molecule has 1 aromatic heterocycles. The Morgan fingerprint density at radius 2 is 1.66 bits per heavy atom. The molecular weight excluding hydrogens is 470 g/mol. The lowest BCUT2D eigenvalue weighted by molar-refractivity contribution is -0.136. The average molecular weight is 490 g/mol. The van der Waals surface area contributed by atoms with Gasteiger partial charge in [-0.2, -0.15) is 18.3 Å². The largest absolute Gasteiger partial charge is 0.418 e. The van der Waals surface area contributed by atoms with Crippen LogP contribution in [0.2, 0.25) is 0 Å². The number of nitrogens with two attached hydrogens (primary N) is 1. The third-order valence-corrected chi connectivity index (χ3v) is 6.22. The second-order valence-corrected chi connectivity index (χ2v) is 8.60. The molecule has 182 valence electrons. The van der Waals surface area contributed by atoms with E-state index in [1.54, 1.807) is 12.1 Å². The zero-order valence-corrected chi connectivity index (χ0v) is 18.3. The van der Waals surface area contributed by atoms with Gasteiger partial charge in [-0.05, 0) is 24.6 Å². The Balaban J connectivity index is 1.65. The van der Waals surface area contributed by atoms with Gasteiger partial charge in [0.25, 0.3) is 0 Å². The van der Waals surface area contributed by atoms with Crippen molar-refractivity contribution in [3.05, 3.63) is 83.2 Å². The van der Waals surface area contributed by atoms with Crippen LogP contribution in [0.4, 0.5) is 32.0 Å². The standard InChI is InChI=1S/C25H20F6N4/c26-15-10-21(27)19(22(28)11-15)13-35-24(18-2-1-3-20(23(18)33-35)25(29,30)31)14-4-6-17(7-5-14)34-9-8-16(32)12-34/h1-7,10-11,16H,8-9,12-13,32H2/t16-/m1/s1. The van der Waals surface area contributed by atoms with E-state index in [4.69, 9.17) is 5.73 Å². The predicted molar refractivity (Wildman–Crippen MR) is 120 cm³/mol. The molecule has 0 spiro atoms. The highest BCUT2D eigenvalue weighted by Gasteiger charge is 2.34. The Kier molecular flexibility index (Phi) is 5.71. The summed E-state index contributed by atoms with van der Waals surface area (Å²) in [7, 11) is 0. The van der Waals surface area contributed by atoms with E-state index in [0.29, 0.717) is 24.2 Å². The predicted octanol–water partition coefficient (Wildman–Crippen LogP) is 5.73. The van der Waals surface area contributed by atoms with Gasteiger partial charge in [0.1, 0.15) is 23.0 Å². The summed E-state index contributed by atoms with van der Waals surface area (Å²) < 4.78 is 84.4. The molecule has 1 aliphatic heterocycles. The Bertz CT molecular complexity index is 1370. The Labute approximate surface area is 196 Å². The summed E-state index contributed by atoms with van der Waals surface area (Å²) in [5.41, 5.74) is 5.86. The van der Waals surface area contributed by atoms with Crippen molar-refractivity contribution in [1.29, 1.82) is 0 Å². The van der Waals surface area contributed by atoms with Gasteiger partial charge in [-0.15, -0.1) is 0 Å². The smallest absolute Gasteiger partial charge is 0.370 e. The highest BCUT2D eigenvalue weighted by Crippen LogP contribution is 2.38. The number of fused-ring (bicyclic) bond motifs is 1. The molecule has 5 rings (SSSR count). The van der Waals surface area contributed by atoms with E-state index in [2.05, 4.69) is 10.00 Å². The Morgan fingerprint density at radius 3 is 2.26 bits per heavy atom. The summed E-state index contributed by atoms with van der Waals surface area (Å²) in [6.45, 7) is 0.958. The molecule has 2 N–H and O–H groups in total. The van der Waals surface area contributed by atoms with Crippen LogP contribution in [0.25, 0.3) is 22.2 Å². The first-order valence-electron chi connectivity index (χ1n) is 10.9. The number of nitrogens with zero attached hydrogens (tertiary/aromatic N) is 3. The Morgan fingerprint density at radius 1 is 0.971 bits per heavy atom. The molecule has 0 bridgehead atoms. The maximum absolute atomic E-state index is 14.4. The van der Waals surface area contributed by atoms with Gasteiger partial charge in [-0.3, -0.25) is 4.68 Å². The van der Waals surface area contributed by atoms with Crippen LogP contribution in [0.1, 0.15) is 17.5 Å². The van der Waals surface area contributed by atoms with E-state index in [0.717, 1.165) is 29.4 Å². The summed E-state index contributed by atoms with van der Waals surface area (Å²) in [6.07, 6.45) is -3.82. The second kappa shape index (κ2) is 8.60. The fraction of sp³-hybridized carbons (Fsp3) is 0.240. The molecule has 1 saturated heterocycles. The number of hydrogen-bond donors (Lipinski definition) is 1. The monoisotopic (exact) mass is 490 g/mol. The molecule has 1 aliphatic rings. The lowest BCUT2D eigenvalue weighted by Gasteiger charge is -2.18. The van der Waals surface area contributed by atoms with Crippen LogP contribution in [0.15, 0.2) is 54.6 Å². The topological polar surface area (TPSA) is 47.1 Å². The van der Waals surface area contributed by atoms with Crippen LogP contribution < -0.4 is 10.6 Å². The van der Waals surface area contributed by atoms with E-state index in [9.17, 15) is 26.3 Å². The molecule has 0 saturated carbocycles. The number of benzene rings is 3. The first-order chi connectivity index (χ1) is 16.6. The highest BCUT2D eigenvalue weighted by atomic mass is 19.4. The molecule has 3 aromatic carbocycles. The van der Waals surface area contributed by atoms with Crippen molar-refractivity contribution in [2.45, 2.75) is 25.2 Å². The van der Waals surface area contributed by atoms with Crippen molar-refractivity contribution in [1.82, 2.24) is 9.78 Å². The maximum Gasteiger partial charge on any atom is 0.418 e. The second-order valence-electron chi connectivity index (χ2n) is 8.60. The quantitative estimate of drug-likeness (QED) is 0.372. The number of anilines is 1. The van der Waals surface area contributed by atoms with Crippen LogP contribution in [0.3, 0.4) is 0 Å². The normalized spacial score (nSPS) is 16.4. The van der Waals surface area contributed by atoms with Crippen LogP contribution in [-0.2, 0) is 12.7 Å². The molecule has 1 atom stereocenters. The highest BCUT2D eigenvalue weighted by molar-refractivity contribution is 5.95. The minimum atomic E-state index is -4.68. The molecule has 4 aromatic rings.